The Labute approximate surface area is 87.8 Å². The second kappa shape index (κ2) is 6.77. The van der Waals surface area contributed by atoms with Gasteiger partial charge < -0.3 is 5.32 Å². The summed E-state index contributed by atoms with van der Waals surface area (Å²) < 4.78 is 0. The summed E-state index contributed by atoms with van der Waals surface area (Å²) in [6.45, 7) is 7.53. The quantitative estimate of drug-likeness (QED) is 0.479. The van der Waals surface area contributed by atoms with Crippen molar-refractivity contribution in [3.8, 4) is 0 Å². The number of likely N-dealkylation sites (N-methyl/N-ethyl adjacent to an activating group) is 1. The van der Waals surface area contributed by atoms with Crippen LogP contribution in [0.2, 0.25) is 0 Å². The molecule has 0 heterocycles. The van der Waals surface area contributed by atoms with Gasteiger partial charge in [-0.1, -0.05) is 12.5 Å². The van der Waals surface area contributed by atoms with E-state index in [0.717, 1.165) is 25.7 Å². The highest BCUT2D eigenvalue weighted by Crippen LogP contribution is 2.10. The number of hydrogen-bond donors (Lipinski definition) is 1. The Bertz CT molecular complexity index is 185. The number of Topliss-reactive ketones (excluding diaryl/α,β-unsaturated/α-hetero) is 1. The highest BCUT2D eigenvalue weighted by Gasteiger charge is 2.23. The SMILES string of the molecule is C=CCCCCCC(=O)C(C)(C)NC. The molecule has 0 fully saturated rings. The summed E-state index contributed by atoms with van der Waals surface area (Å²) in [5, 5.41) is 3.03. The third-order valence-corrected chi connectivity index (χ3v) is 2.63. The average molecular weight is 197 g/mol. The molecule has 0 radical (unpaired) electrons. The number of rotatable bonds is 8. The Balaban J connectivity index is 3.59. The maximum Gasteiger partial charge on any atom is 0.152 e. The Morgan fingerprint density at radius 1 is 1.36 bits per heavy atom. The molecule has 0 aromatic heterocycles. The second-order valence-corrected chi connectivity index (χ2v) is 4.19. The summed E-state index contributed by atoms with van der Waals surface area (Å²) in [7, 11) is 1.83. The van der Waals surface area contributed by atoms with Gasteiger partial charge in [-0.25, -0.2) is 0 Å². The lowest BCUT2D eigenvalue weighted by Crippen LogP contribution is -2.44. The van der Waals surface area contributed by atoms with E-state index in [1.54, 1.807) is 0 Å². The van der Waals surface area contributed by atoms with Crippen LogP contribution in [0.15, 0.2) is 12.7 Å². The predicted octanol–water partition coefficient (Wildman–Crippen LogP) is 2.69. The van der Waals surface area contributed by atoms with Gasteiger partial charge in [0.2, 0.25) is 0 Å². The normalized spacial score (nSPS) is 11.4. The zero-order chi connectivity index (χ0) is 11.0. The fourth-order valence-corrected chi connectivity index (χ4v) is 1.20. The van der Waals surface area contributed by atoms with Crippen LogP contribution in [-0.2, 0) is 4.79 Å². The third-order valence-electron chi connectivity index (χ3n) is 2.63. The van der Waals surface area contributed by atoms with Gasteiger partial charge in [-0.3, -0.25) is 4.79 Å². The van der Waals surface area contributed by atoms with Gasteiger partial charge in [0.05, 0.1) is 5.54 Å². The zero-order valence-corrected chi connectivity index (χ0v) is 9.73. The van der Waals surface area contributed by atoms with Crippen molar-refractivity contribution in [1.82, 2.24) is 5.32 Å². The number of carbonyl (C=O) groups is 1. The lowest BCUT2D eigenvalue weighted by atomic mass is 9.95. The molecule has 0 aromatic carbocycles. The van der Waals surface area contributed by atoms with Crippen molar-refractivity contribution in [2.75, 3.05) is 7.05 Å². The van der Waals surface area contributed by atoms with Crippen molar-refractivity contribution in [3.05, 3.63) is 12.7 Å². The molecule has 0 unspecified atom stereocenters. The van der Waals surface area contributed by atoms with Crippen molar-refractivity contribution >= 4 is 5.78 Å². The minimum atomic E-state index is -0.363. The smallest absolute Gasteiger partial charge is 0.152 e. The van der Waals surface area contributed by atoms with Gasteiger partial charge in [0.15, 0.2) is 5.78 Å². The molecule has 1 N–H and O–H groups in total. The van der Waals surface area contributed by atoms with Gasteiger partial charge in [0, 0.05) is 6.42 Å². The Hall–Kier alpha value is -0.630. The Kier molecular flexibility index (Phi) is 6.46. The van der Waals surface area contributed by atoms with Crippen molar-refractivity contribution < 1.29 is 4.79 Å². The molecule has 0 spiro atoms. The maximum atomic E-state index is 11.6. The highest BCUT2D eigenvalue weighted by molar-refractivity contribution is 5.87. The number of carbonyl (C=O) groups excluding carboxylic acids is 1. The molecule has 0 aliphatic rings. The van der Waals surface area contributed by atoms with E-state index < -0.39 is 0 Å². The summed E-state index contributed by atoms with van der Waals surface area (Å²) >= 11 is 0. The second-order valence-electron chi connectivity index (χ2n) is 4.19. The van der Waals surface area contributed by atoms with Gasteiger partial charge in [0.1, 0.15) is 0 Å². The summed E-state index contributed by atoms with van der Waals surface area (Å²) in [6.07, 6.45) is 6.94. The van der Waals surface area contributed by atoms with Gasteiger partial charge in [0.25, 0.3) is 0 Å². The molecule has 0 aromatic rings. The van der Waals surface area contributed by atoms with Crippen LogP contribution in [0.5, 0.6) is 0 Å². The van der Waals surface area contributed by atoms with E-state index in [-0.39, 0.29) is 5.54 Å². The molecular formula is C12H23NO. The molecule has 0 rings (SSSR count). The van der Waals surface area contributed by atoms with Gasteiger partial charge >= 0.3 is 0 Å². The first-order valence-corrected chi connectivity index (χ1v) is 5.37. The van der Waals surface area contributed by atoms with E-state index in [0.29, 0.717) is 12.2 Å². The van der Waals surface area contributed by atoms with E-state index >= 15 is 0 Å². The molecule has 0 bridgehead atoms. The average Bonchev–Trinajstić information content (AvgIpc) is 2.17. The van der Waals surface area contributed by atoms with E-state index in [1.807, 2.05) is 27.0 Å². The fourth-order valence-electron chi connectivity index (χ4n) is 1.20. The van der Waals surface area contributed by atoms with E-state index in [2.05, 4.69) is 11.9 Å². The molecule has 14 heavy (non-hydrogen) atoms. The van der Waals surface area contributed by atoms with E-state index in [9.17, 15) is 4.79 Å². The van der Waals surface area contributed by atoms with Crippen molar-refractivity contribution in [2.24, 2.45) is 0 Å². The molecule has 2 heteroatoms. The maximum absolute atomic E-state index is 11.6. The predicted molar refractivity (Wildman–Crippen MR) is 61.4 cm³/mol. The zero-order valence-electron chi connectivity index (χ0n) is 9.73. The van der Waals surface area contributed by atoms with Crippen molar-refractivity contribution in [2.45, 2.75) is 51.5 Å². The Morgan fingerprint density at radius 3 is 2.50 bits per heavy atom. The van der Waals surface area contributed by atoms with Crippen LogP contribution in [0.25, 0.3) is 0 Å². The summed E-state index contributed by atoms with van der Waals surface area (Å²) in [5.41, 5.74) is -0.363. The summed E-state index contributed by atoms with van der Waals surface area (Å²) in [4.78, 5) is 11.6. The number of nitrogens with one attached hydrogen (secondary N) is 1. The van der Waals surface area contributed by atoms with Crippen LogP contribution in [0, 0.1) is 0 Å². The van der Waals surface area contributed by atoms with Crippen molar-refractivity contribution in [1.29, 1.82) is 0 Å². The molecule has 0 aliphatic heterocycles. The van der Waals surface area contributed by atoms with Crippen LogP contribution in [0.4, 0.5) is 0 Å². The number of allylic oxidation sites excluding steroid dienone is 1. The van der Waals surface area contributed by atoms with Crippen LogP contribution >= 0.6 is 0 Å². The van der Waals surface area contributed by atoms with E-state index in [4.69, 9.17) is 0 Å². The lowest BCUT2D eigenvalue weighted by Gasteiger charge is -2.22. The molecular weight excluding hydrogens is 174 g/mol. The van der Waals surface area contributed by atoms with Gasteiger partial charge in [-0.2, -0.15) is 0 Å². The molecule has 0 saturated heterocycles. The molecule has 0 amide bonds. The minimum Gasteiger partial charge on any atom is -0.308 e. The molecule has 82 valence electrons. The first-order valence-electron chi connectivity index (χ1n) is 5.37. The number of hydrogen-bond acceptors (Lipinski definition) is 2. The number of ketones is 1. The standard InChI is InChI=1S/C12H23NO/c1-5-6-7-8-9-10-11(14)12(2,3)13-4/h5,13H,1,6-10H2,2-4H3. The molecule has 0 aliphatic carbocycles. The summed E-state index contributed by atoms with van der Waals surface area (Å²) in [6, 6.07) is 0. The first kappa shape index (κ1) is 13.4. The van der Waals surface area contributed by atoms with Crippen LogP contribution in [-0.4, -0.2) is 18.4 Å². The molecule has 0 atom stereocenters. The van der Waals surface area contributed by atoms with E-state index in [1.165, 1.54) is 0 Å². The van der Waals surface area contributed by atoms with Crippen LogP contribution in [0.1, 0.15) is 46.0 Å². The molecule has 0 saturated carbocycles. The third kappa shape index (κ3) is 5.18. The monoisotopic (exact) mass is 197 g/mol. The fraction of sp³-hybridized carbons (Fsp3) is 0.750. The van der Waals surface area contributed by atoms with Crippen LogP contribution in [0.3, 0.4) is 0 Å². The largest absolute Gasteiger partial charge is 0.308 e. The van der Waals surface area contributed by atoms with Crippen LogP contribution < -0.4 is 5.32 Å². The Morgan fingerprint density at radius 2 is 2.00 bits per heavy atom. The minimum absolute atomic E-state index is 0.304. The van der Waals surface area contributed by atoms with Gasteiger partial charge in [-0.05, 0) is 40.2 Å². The topological polar surface area (TPSA) is 29.1 Å². The highest BCUT2D eigenvalue weighted by atomic mass is 16.1. The molecule has 2 nitrogen and oxygen atoms in total. The first-order chi connectivity index (χ1) is 6.54. The number of unbranched alkanes of at least 4 members (excludes halogenated alkanes) is 3. The summed E-state index contributed by atoms with van der Waals surface area (Å²) in [5.74, 6) is 0.304. The van der Waals surface area contributed by atoms with Gasteiger partial charge in [-0.15, -0.1) is 6.58 Å². The van der Waals surface area contributed by atoms with Crippen molar-refractivity contribution in [3.63, 3.8) is 0 Å². The lowest BCUT2D eigenvalue weighted by molar-refractivity contribution is -0.124.